The Labute approximate surface area is 153 Å². The molecular formula is C18H26F2N4O2. The number of nitrogens with one attached hydrogen (secondary N) is 1. The van der Waals surface area contributed by atoms with Crippen LogP contribution in [0.25, 0.3) is 0 Å². The van der Waals surface area contributed by atoms with Crippen molar-refractivity contribution in [2.24, 2.45) is 4.99 Å². The maximum atomic E-state index is 12.2. The van der Waals surface area contributed by atoms with Gasteiger partial charge in [-0.25, -0.2) is 4.99 Å². The normalized spacial score (nSPS) is 11.3. The van der Waals surface area contributed by atoms with Gasteiger partial charge in [0, 0.05) is 34.2 Å². The van der Waals surface area contributed by atoms with E-state index in [1.54, 1.807) is 26.2 Å². The zero-order chi connectivity index (χ0) is 19.7. The molecule has 1 amide bonds. The second-order valence-electron chi connectivity index (χ2n) is 6.12. The lowest BCUT2D eigenvalue weighted by atomic mass is 10.2. The van der Waals surface area contributed by atoms with Gasteiger partial charge in [-0.1, -0.05) is 24.3 Å². The van der Waals surface area contributed by atoms with Gasteiger partial charge in [-0.15, -0.1) is 0 Å². The minimum absolute atomic E-state index is 0.0248. The smallest absolute Gasteiger partial charge is 0.387 e. The first kappa shape index (κ1) is 21.4. The van der Waals surface area contributed by atoms with Gasteiger partial charge in [0.25, 0.3) is 0 Å². The molecule has 0 unspecified atom stereocenters. The van der Waals surface area contributed by atoms with Crippen LogP contribution < -0.4 is 10.1 Å². The van der Waals surface area contributed by atoms with E-state index in [1.807, 2.05) is 18.9 Å². The standard InChI is InChI=1S/C18H26F2N4O2/c1-13(2)10-21-18(22-11-16(25)23(3)4)24(5)12-14-6-8-15(9-7-14)26-17(19)20/h6-9,17H,1,10-12H2,2-5H3,(H,21,22). The Kier molecular flexibility index (Phi) is 8.54. The summed E-state index contributed by atoms with van der Waals surface area (Å²) in [5, 5.41) is 3.15. The Morgan fingerprint density at radius 2 is 1.88 bits per heavy atom. The number of aliphatic imine (C=N–C) groups is 1. The number of carbonyl (C=O) groups excluding carboxylic acids is 1. The Bertz CT molecular complexity index is 631. The lowest BCUT2D eigenvalue weighted by Crippen LogP contribution is -2.40. The summed E-state index contributed by atoms with van der Waals surface area (Å²) in [4.78, 5) is 19.4. The molecule has 144 valence electrons. The van der Waals surface area contributed by atoms with Crippen LogP contribution in [0.1, 0.15) is 12.5 Å². The summed E-state index contributed by atoms with van der Waals surface area (Å²) in [6, 6.07) is 6.39. The number of nitrogens with zero attached hydrogens (tertiary/aromatic N) is 3. The van der Waals surface area contributed by atoms with E-state index < -0.39 is 6.61 Å². The average molecular weight is 368 g/mol. The molecule has 1 N–H and O–H groups in total. The molecule has 0 saturated heterocycles. The van der Waals surface area contributed by atoms with Gasteiger partial charge >= 0.3 is 6.61 Å². The molecule has 0 fully saturated rings. The second kappa shape index (κ2) is 10.4. The maximum Gasteiger partial charge on any atom is 0.387 e. The van der Waals surface area contributed by atoms with Gasteiger partial charge in [0.1, 0.15) is 12.3 Å². The summed E-state index contributed by atoms with van der Waals surface area (Å²) < 4.78 is 28.7. The van der Waals surface area contributed by atoms with E-state index in [2.05, 4.69) is 21.6 Å². The number of hydrogen-bond acceptors (Lipinski definition) is 3. The van der Waals surface area contributed by atoms with Crippen LogP contribution in [0.4, 0.5) is 8.78 Å². The zero-order valence-electron chi connectivity index (χ0n) is 15.6. The van der Waals surface area contributed by atoms with E-state index in [1.165, 1.54) is 17.0 Å². The Morgan fingerprint density at radius 1 is 1.27 bits per heavy atom. The van der Waals surface area contributed by atoms with Crippen molar-refractivity contribution in [3.8, 4) is 5.75 Å². The van der Waals surface area contributed by atoms with E-state index in [9.17, 15) is 13.6 Å². The third-order valence-electron chi connectivity index (χ3n) is 3.34. The monoisotopic (exact) mass is 368 g/mol. The molecular weight excluding hydrogens is 342 g/mol. The van der Waals surface area contributed by atoms with E-state index in [-0.39, 0.29) is 18.2 Å². The Hall–Kier alpha value is -2.64. The van der Waals surface area contributed by atoms with Gasteiger partial charge in [0.15, 0.2) is 5.96 Å². The van der Waals surface area contributed by atoms with Crippen LogP contribution in [0.15, 0.2) is 41.4 Å². The second-order valence-corrected chi connectivity index (χ2v) is 6.12. The van der Waals surface area contributed by atoms with Crippen LogP contribution in [0, 0.1) is 0 Å². The molecule has 0 atom stereocenters. The summed E-state index contributed by atoms with van der Waals surface area (Å²) >= 11 is 0. The third kappa shape index (κ3) is 7.96. The van der Waals surface area contributed by atoms with E-state index in [0.29, 0.717) is 19.0 Å². The molecule has 0 radical (unpaired) electrons. The molecule has 0 spiro atoms. The Balaban J connectivity index is 2.79. The summed E-state index contributed by atoms with van der Waals surface area (Å²) in [6.45, 7) is 3.91. The largest absolute Gasteiger partial charge is 0.435 e. The number of benzene rings is 1. The number of halogens is 2. The van der Waals surface area contributed by atoms with Crippen LogP contribution in [0.3, 0.4) is 0 Å². The molecule has 26 heavy (non-hydrogen) atoms. The van der Waals surface area contributed by atoms with Gasteiger partial charge in [-0.2, -0.15) is 8.78 Å². The number of amides is 1. The number of carbonyl (C=O) groups is 1. The Morgan fingerprint density at radius 3 is 2.38 bits per heavy atom. The SMILES string of the molecule is C=C(C)CNC(=NCC(=O)N(C)C)N(C)Cc1ccc(OC(F)F)cc1. The summed E-state index contributed by atoms with van der Waals surface area (Å²) in [5.41, 5.74) is 1.82. The predicted octanol–water partition coefficient (Wildman–Crippen LogP) is 2.33. The number of hydrogen-bond donors (Lipinski definition) is 1. The average Bonchev–Trinajstić information content (AvgIpc) is 2.55. The van der Waals surface area contributed by atoms with Crippen LogP contribution in [0.5, 0.6) is 5.75 Å². The van der Waals surface area contributed by atoms with Crippen molar-refractivity contribution < 1.29 is 18.3 Å². The minimum Gasteiger partial charge on any atom is -0.435 e. The highest BCUT2D eigenvalue weighted by molar-refractivity contribution is 5.84. The first-order valence-corrected chi connectivity index (χ1v) is 8.06. The number of guanidine groups is 1. The van der Waals surface area contributed by atoms with Gasteiger partial charge in [0.05, 0.1) is 0 Å². The molecule has 8 heteroatoms. The van der Waals surface area contributed by atoms with Crippen molar-refractivity contribution in [2.75, 3.05) is 34.2 Å². The predicted molar refractivity (Wildman–Crippen MR) is 98.4 cm³/mol. The summed E-state index contributed by atoms with van der Waals surface area (Å²) in [7, 11) is 5.17. The van der Waals surface area contributed by atoms with Crippen molar-refractivity contribution in [3.05, 3.63) is 42.0 Å². The van der Waals surface area contributed by atoms with E-state index in [4.69, 9.17) is 0 Å². The van der Waals surface area contributed by atoms with Gasteiger partial charge < -0.3 is 19.9 Å². The fourth-order valence-electron chi connectivity index (χ4n) is 1.95. The number of rotatable bonds is 8. The minimum atomic E-state index is -2.84. The van der Waals surface area contributed by atoms with Gasteiger partial charge in [0.2, 0.25) is 5.91 Å². The molecule has 0 aliphatic heterocycles. The van der Waals surface area contributed by atoms with Crippen molar-refractivity contribution in [3.63, 3.8) is 0 Å². The first-order chi connectivity index (χ1) is 12.2. The zero-order valence-corrected chi connectivity index (χ0v) is 15.6. The first-order valence-electron chi connectivity index (χ1n) is 8.06. The molecule has 0 aliphatic rings. The molecule has 1 aromatic rings. The quantitative estimate of drug-likeness (QED) is 0.435. The summed E-state index contributed by atoms with van der Waals surface area (Å²) in [5.74, 6) is 0.551. The maximum absolute atomic E-state index is 12.2. The van der Waals surface area contributed by atoms with Crippen molar-refractivity contribution >= 4 is 11.9 Å². The van der Waals surface area contributed by atoms with Crippen molar-refractivity contribution in [2.45, 2.75) is 20.1 Å². The van der Waals surface area contributed by atoms with Gasteiger partial charge in [-0.05, 0) is 24.6 Å². The molecule has 1 aromatic carbocycles. The fraction of sp³-hybridized carbons (Fsp3) is 0.444. The fourth-order valence-corrected chi connectivity index (χ4v) is 1.95. The summed E-state index contributed by atoms with van der Waals surface area (Å²) in [6.07, 6.45) is 0. The highest BCUT2D eigenvalue weighted by atomic mass is 19.3. The van der Waals surface area contributed by atoms with Crippen LogP contribution >= 0.6 is 0 Å². The molecule has 1 rings (SSSR count). The molecule has 0 aromatic heterocycles. The van der Waals surface area contributed by atoms with Crippen LogP contribution in [0.2, 0.25) is 0 Å². The van der Waals surface area contributed by atoms with E-state index in [0.717, 1.165) is 11.1 Å². The van der Waals surface area contributed by atoms with Crippen LogP contribution in [-0.4, -0.2) is 62.5 Å². The highest BCUT2D eigenvalue weighted by Crippen LogP contribution is 2.15. The topological polar surface area (TPSA) is 57.2 Å². The van der Waals surface area contributed by atoms with Crippen molar-refractivity contribution in [1.82, 2.24) is 15.1 Å². The molecule has 0 aliphatic carbocycles. The molecule has 0 bridgehead atoms. The van der Waals surface area contributed by atoms with Crippen LogP contribution in [-0.2, 0) is 11.3 Å². The number of alkyl halides is 2. The lowest BCUT2D eigenvalue weighted by molar-refractivity contribution is -0.127. The molecule has 0 saturated carbocycles. The van der Waals surface area contributed by atoms with Crippen molar-refractivity contribution in [1.29, 1.82) is 0 Å². The van der Waals surface area contributed by atoms with Gasteiger partial charge in [-0.3, -0.25) is 4.79 Å². The number of ether oxygens (including phenoxy) is 1. The molecule has 0 heterocycles. The molecule has 6 nitrogen and oxygen atoms in total. The van der Waals surface area contributed by atoms with E-state index >= 15 is 0 Å². The third-order valence-corrected chi connectivity index (χ3v) is 3.34. The lowest BCUT2D eigenvalue weighted by Gasteiger charge is -2.23. The highest BCUT2D eigenvalue weighted by Gasteiger charge is 2.10. The number of likely N-dealkylation sites (N-methyl/N-ethyl adjacent to an activating group) is 1.